The van der Waals surface area contributed by atoms with Crippen LogP contribution in [0.3, 0.4) is 0 Å². The van der Waals surface area contributed by atoms with Gasteiger partial charge >= 0.3 is 0 Å². The van der Waals surface area contributed by atoms with Crippen molar-refractivity contribution in [1.82, 2.24) is 15.1 Å². The fraction of sp³-hybridized carbons (Fsp3) is 0.615. The number of nitrogens with one attached hydrogen (secondary N) is 2. The third-order valence-electron chi connectivity index (χ3n) is 4.01. The van der Waals surface area contributed by atoms with Crippen LogP contribution in [0.2, 0.25) is 0 Å². The molecule has 7 heteroatoms. The second-order valence-electron chi connectivity index (χ2n) is 5.39. The SMILES string of the molecule is CCc1cc(NC(=O)C2CSC3(C)CCC(=O)N23)n[nH]1. The number of hydrogen-bond donors (Lipinski definition) is 2. The van der Waals surface area contributed by atoms with E-state index < -0.39 is 0 Å². The van der Waals surface area contributed by atoms with E-state index in [2.05, 4.69) is 15.5 Å². The number of amides is 2. The van der Waals surface area contributed by atoms with E-state index >= 15 is 0 Å². The van der Waals surface area contributed by atoms with E-state index in [0.29, 0.717) is 18.0 Å². The van der Waals surface area contributed by atoms with Crippen LogP contribution in [-0.2, 0) is 16.0 Å². The van der Waals surface area contributed by atoms with Gasteiger partial charge < -0.3 is 10.2 Å². The normalized spacial score (nSPS) is 28.8. The molecule has 2 atom stereocenters. The van der Waals surface area contributed by atoms with Gasteiger partial charge in [0.05, 0.1) is 4.87 Å². The van der Waals surface area contributed by atoms with E-state index in [4.69, 9.17) is 0 Å². The molecule has 0 aliphatic carbocycles. The molecule has 3 rings (SSSR count). The van der Waals surface area contributed by atoms with Gasteiger partial charge in [-0.25, -0.2) is 0 Å². The van der Waals surface area contributed by atoms with Gasteiger partial charge in [0.1, 0.15) is 6.04 Å². The van der Waals surface area contributed by atoms with Gasteiger partial charge in [-0.2, -0.15) is 5.10 Å². The quantitative estimate of drug-likeness (QED) is 0.882. The first-order valence-corrected chi connectivity index (χ1v) is 7.83. The molecular weight excluding hydrogens is 276 g/mol. The van der Waals surface area contributed by atoms with Crippen LogP contribution in [-0.4, -0.2) is 43.6 Å². The van der Waals surface area contributed by atoms with Crippen LogP contribution in [0.1, 0.15) is 32.4 Å². The predicted molar refractivity (Wildman–Crippen MR) is 77.3 cm³/mol. The summed E-state index contributed by atoms with van der Waals surface area (Å²) < 4.78 is 0. The van der Waals surface area contributed by atoms with E-state index in [-0.39, 0.29) is 22.7 Å². The molecule has 2 unspecified atom stereocenters. The summed E-state index contributed by atoms with van der Waals surface area (Å²) in [6, 6.07) is 1.44. The smallest absolute Gasteiger partial charge is 0.249 e. The first kappa shape index (κ1) is 13.5. The Labute approximate surface area is 121 Å². The average molecular weight is 294 g/mol. The van der Waals surface area contributed by atoms with Crippen molar-refractivity contribution >= 4 is 29.4 Å². The molecule has 2 N–H and O–H groups in total. The van der Waals surface area contributed by atoms with Gasteiger partial charge in [0.25, 0.3) is 0 Å². The molecule has 20 heavy (non-hydrogen) atoms. The van der Waals surface area contributed by atoms with Gasteiger partial charge in [0, 0.05) is 23.9 Å². The van der Waals surface area contributed by atoms with Crippen LogP contribution in [0.5, 0.6) is 0 Å². The molecule has 0 aromatic carbocycles. The van der Waals surface area contributed by atoms with Gasteiger partial charge in [-0.3, -0.25) is 14.7 Å². The summed E-state index contributed by atoms with van der Waals surface area (Å²) in [6.07, 6.45) is 2.20. The summed E-state index contributed by atoms with van der Waals surface area (Å²) in [4.78, 5) is 25.9. The number of carbonyl (C=O) groups is 2. The molecule has 0 spiro atoms. The topological polar surface area (TPSA) is 78.1 Å². The van der Waals surface area contributed by atoms with E-state index in [1.165, 1.54) is 0 Å². The van der Waals surface area contributed by atoms with Gasteiger partial charge in [-0.1, -0.05) is 6.92 Å². The second kappa shape index (κ2) is 4.80. The number of aromatic amines is 1. The fourth-order valence-electron chi connectivity index (χ4n) is 2.83. The minimum atomic E-state index is -0.387. The predicted octanol–water partition coefficient (Wildman–Crippen LogP) is 1.36. The minimum Gasteiger partial charge on any atom is -0.315 e. The van der Waals surface area contributed by atoms with Crippen molar-refractivity contribution in [2.75, 3.05) is 11.1 Å². The summed E-state index contributed by atoms with van der Waals surface area (Å²) in [5, 5.41) is 9.72. The zero-order valence-corrected chi connectivity index (χ0v) is 12.4. The van der Waals surface area contributed by atoms with E-state index in [1.54, 1.807) is 16.7 Å². The van der Waals surface area contributed by atoms with Crippen LogP contribution in [0.4, 0.5) is 5.82 Å². The molecule has 6 nitrogen and oxygen atoms in total. The Balaban J connectivity index is 1.73. The number of aromatic nitrogens is 2. The number of aryl methyl sites for hydroxylation is 1. The summed E-state index contributed by atoms with van der Waals surface area (Å²) in [5.74, 6) is 1.11. The van der Waals surface area contributed by atoms with E-state index in [9.17, 15) is 9.59 Å². The van der Waals surface area contributed by atoms with E-state index in [1.807, 2.05) is 19.9 Å². The second-order valence-corrected chi connectivity index (χ2v) is 6.89. The average Bonchev–Trinajstić information content (AvgIpc) is 3.07. The van der Waals surface area contributed by atoms with Crippen molar-refractivity contribution in [3.8, 4) is 0 Å². The lowest BCUT2D eigenvalue weighted by molar-refractivity contribution is -0.135. The fourth-order valence-corrected chi connectivity index (χ4v) is 4.26. The van der Waals surface area contributed by atoms with Crippen molar-refractivity contribution in [3.05, 3.63) is 11.8 Å². The standard InChI is InChI=1S/C13H18N4O2S/c1-3-8-6-10(16-15-8)14-12(19)9-7-20-13(2)5-4-11(18)17(9)13/h6,9H,3-5,7H2,1-2H3,(H2,14,15,16,19). The molecular formula is C13H18N4O2S. The molecule has 2 fully saturated rings. The molecule has 0 bridgehead atoms. The Hall–Kier alpha value is -1.50. The minimum absolute atomic E-state index is 0.0777. The van der Waals surface area contributed by atoms with Gasteiger partial charge in [-0.05, 0) is 19.8 Å². The third kappa shape index (κ3) is 2.09. The molecule has 108 valence electrons. The van der Waals surface area contributed by atoms with Crippen LogP contribution in [0.25, 0.3) is 0 Å². The maximum atomic E-state index is 12.4. The lowest BCUT2D eigenvalue weighted by atomic mass is 10.2. The summed E-state index contributed by atoms with van der Waals surface area (Å²) in [5.41, 5.74) is 0.975. The molecule has 2 saturated heterocycles. The Kier molecular flexibility index (Phi) is 3.24. The number of rotatable bonds is 3. The Bertz CT molecular complexity index is 558. The number of nitrogens with zero attached hydrogens (tertiary/aromatic N) is 2. The van der Waals surface area contributed by atoms with E-state index in [0.717, 1.165) is 18.5 Å². The Morgan fingerprint density at radius 1 is 1.70 bits per heavy atom. The molecule has 2 aliphatic heterocycles. The highest BCUT2D eigenvalue weighted by molar-refractivity contribution is 8.01. The van der Waals surface area contributed by atoms with Gasteiger partial charge in [-0.15, -0.1) is 11.8 Å². The molecule has 2 amide bonds. The molecule has 0 saturated carbocycles. The zero-order valence-electron chi connectivity index (χ0n) is 11.6. The van der Waals surface area contributed by atoms with Gasteiger partial charge in [0.2, 0.25) is 11.8 Å². The highest BCUT2D eigenvalue weighted by atomic mass is 32.2. The van der Waals surface area contributed by atoms with Crippen molar-refractivity contribution in [2.24, 2.45) is 0 Å². The number of hydrogen-bond acceptors (Lipinski definition) is 4. The number of anilines is 1. The van der Waals surface area contributed by atoms with Crippen LogP contribution in [0.15, 0.2) is 6.07 Å². The number of thioether (sulfide) groups is 1. The van der Waals surface area contributed by atoms with Crippen molar-refractivity contribution in [3.63, 3.8) is 0 Å². The monoisotopic (exact) mass is 294 g/mol. The first-order chi connectivity index (χ1) is 9.53. The summed E-state index contributed by atoms with van der Waals surface area (Å²) in [7, 11) is 0. The molecule has 1 aromatic rings. The molecule has 1 aromatic heterocycles. The Morgan fingerprint density at radius 3 is 3.20 bits per heavy atom. The maximum Gasteiger partial charge on any atom is 0.249 e. The highest BCUT2D eigenvalue weighted by Crippen LogP contribution is 2.47. The highest BCUT2D eigenvalue weighted by Gasteiger charge is 2.52. The van der Waals surface area contributed by atoms with Crippen molar-refractivity contribution < 1.29 is 9.59 Å². The lowest BCUT2D eigenvalue weighted by Crippen LogP contribution is -2.48. The summed E-state index contributed by atoms with van der Waals surface area (Å²) >= 11 is 1.69. The molecule has 2 aliphatic rings. The lowest BCUT2D eigenvalue weighted by Gasteiger charge is -2.29. The van der Waals surface area contributed by atoms with Crippen LogP contribution in [0, 0.1) is 0 Å². The summed E-state index contributed by atoms with van der Waals surface area (Å²) in [6.45, 7) is 4.06. The zero-order chi connectivity index (χ0) is 14.3. The molecule has 0 radical (unpaired) electrons. The van der Waals surface area contributed by atoms with Crippen LogP contribution >= 0.6 is 11.8 Å². The molecule has 3 heterocycles. The third-order valence-corrected chi connectivity index (χ3v) is 5.52. The van der Waals surface area contributed by atoms with Gasteiger partial charge in [0.15, 0.2) is 5.82 Å². The number of fused-ring (bicyclic) bond motifs is 1. The number of H-pyrrole nitrogens is 1. The van der Waals surface area contributed by atoms with Crippen LogP contribution < -0.4 is 5.32 Å². The van der Waals surface area contributed by atoms with Crippen molar-refractivity contribution in [2.45, 2.75) is 44.0 Å². The van der Waals surface area contributed by atoms with Crippen molar-refractivity contribution in [1.29, 1.82) is 0 Å². The largest absolute Gasteiger partial charge is 0.315 e. The first-order valence-electron chi connectivity index (χ1n) is 6.85. The Morgan fingerprint density at radius 2 is 2.50 bits per heavy atom. The number of carbonyl (C=O) groups excluding carboxylic acids is 2. The maximum absolute atomic E-state index is 12.4.